The number of nitrogens with zero attached hydrogens (tertiary/aromatic N) is 1. The summed E-state index contributed by atoms with van der Waals surface area (Å²) >= 11 is 0. The molecule has 2 aliphatic carbocycles. The molecule has 1 saturated heterocycles. The zero-order valence-electron chi connectivity index (χ0n) is 15.0. The van der Waals surface area contributed by atoms with Crippen LogP contribution < -0.4 is 0 Å². The molecule has 0 amide bonds. The van der Waals surface area contributed by atoms with Crippen LogP contribution in [0.1, 0.15) is 65.2 Å². The van der Waals surface area contributed by atoms with E-state index in [1.54, 1.807) is 0 Å². The number of piperidine rings is 1. The lowest BCUT2D eigenvalue weighted by Gasteiger charge is -2.47. The Morgan fingerprint density at radius 3 is 2.58 bits per heavy atom. The van der Waals surface area contributed by atoms with E-state index in [4.69, 9.17) is 4.74 Å². The van der Waals surface area contributed by atoms with Gasteiger partial charge >= 0.3 is 5.97 Å². The van der Waals surface area contributed by atoms with Gasteiger partial charge < -0.3 is 9.84 Å². The molecule has 0 aromatic heterocycles. The normalized spacial score (nSPS) is 37.4. The molecule has 4 aliphatic rings. The van der Waals surface area contributed by atoms with E-state index in [1.807, 2.05) is 6.92 Å². The number of hydrogen-bond acceptors (Lipinski definition) is 4. The van der Waals surface area contributed by atoms with Crippen LogP contribution >= 0.6 is 0 Å². The zero-order valence-corrected chi connectivity index (χ0v) is 15.0. The topological polar surface area (TPSA) is 49.8 Å². The minimum atomic E-state index is -0.852. The first-order valence-corrected chi connectivity index (χ1v) is 9.55. The summed E-state index contributed by atoms with van der Waals surface area (Å²) in [6.45, 7) is 6.99. The molecule has 4 heteroatoms. The Bertz CT molecular complexity index is 625. The highest BCUT2D eigenvalue weighted by molar-refractivity contribution is 5.95. The maximum atomic E-state index is 12.6. The number of aliphatic hydroxyl groups is 1. The van der Waals surface area contributed by atoms with Crippen molar-refractivity contribution >= 4 is 5.97 Å². The molecule has 132 valence electrons. The van der Waals surface area contributed by atoms with Crippen molar-refractivity contribution in [2.24, 2.45) is 5.41 Å². The Hall–Kier alpha value is -1.13. The minimum absolute atomic E-state index is 0.0264. The van der Waals surface area contributed by atoms with E-state index in [9.17, 15) is 9.90 Å². The maximum absolute atomic E-state index is 12.6. The van der Waals surface area contributed by atoms with Crippen molar-refractivity contribution in [3.63, 3.8) is 0 Å². The summed E-state index contributed by atoms with van der Waals surface area (Å²) in [5.41, 5.74) is 2.04. The molecule has 2 aliphatic heterocycles. The number of esters is 1. The van der Waals surface area contributed by atoms with Gasteiger partial charge in [-0.25, -0.2) is 4.79 Å². The van der Waals surface area contributed by atoms with Gasteiger partial charge in [0.1, 0.15) is 5.76 Å². The van der Waals surface area contributed by atoms with Gasteiger partial charge in [0.2, 0.25) is 0 Å². The van der Waals surface area contributed by atoms with Gasteiger partial charge in [-0.2, -0.15) is 0 Å². The lowest BCUT2D eigenvalue weighted by atomic mass is 9.59. The molecule has 0 radical (unpaired) electrons. The van der Waals surface area contributed by atoms with E-state index in [0.717, 1.165) is 67.7 Å². The molecule has 0 aromatic rings. The maximum Gasteiger partial charge on any atom is 0.341 e. The first kappa shape index (κ1) is 16.3. The quantitative estimate of drug-likeness (QED) is 0.789. The molecule has 0 spiro atoms. The van der Waals surface area contributed by atoms with Gasteiger partial charge in [-0.3, -0.25) is 4.90 Å². The van der Waals surface area contributed by atoms with Crippen molar-refractivity contribution in [3.8, 4) is 0 Å². The van der Waals surface area contributed by atoms with E-state index in [-0.39, 0.29) is 11.4 Å². The van der Waals surface area contributed by atoms with Crippen molar-refractivity contribution < 1.29 is 14.6 Å². The Balaban J connectivity index is 1.73. The van der Waals surface area contributed by atoms with Gasteiger partial charge in [-0.1, -0.05) is 13.3 Å². The van der Waals surface area contributed by atoms with Crippen LogP contribution in [0, 0.1) is 5.41 Å². The van der Waals surface area contributed by atoms with Crippen molar-refractivity contribution in [1.82, 2.24) is 4.90 Å². The molecular weight excluding hydrogens is 302 g/mol. The summed E-state index contributed by atoms with van der Waals surface area (Å²) in [6.07, 6.45) is 8.52. The number of carbonyl (C=O) groups excluding carboxylic acids is 1. The molecular formula is C20H29NO3. The molecule has 4 nitrogen and oxygen atoms in total. The molecule has 2 atom stereocenters. The molecule has 2 heterocycles. The highest BCUT2D eigenvalue weighted by atomic mass is 16.5. The van der Waals surface area contributed by atoms with Crippen molar-refractivity contribution in [1.29, 1.82) is 0 Å². The van der Waals surface area contributed by atoms with E-state index in [0.29, 0.717) is 6.54 Å². The smallest absolute Gasteiger partial charge is 0.341 e. The van der Waals surface area contributed by atoms with E-state index >= 15 is 0 Å². The number of hydrogen-bond donors (Lipinski definition) is 1. The Morgan fingerprint density at radius 2 is 1.83 bits per heavy atom. The molecule has 0 aromatic carbocycles. The van der Waals surface area contributed by atoms with Crippen molar-refractivity contribution in [2.75, 3.05) is 19.6 Å². The summed E-state index contributed by atoms with van der Waals surface area (Å²) in [4.78, 5) is 15.0. The summed E-state index contributed by atoms with van der Waals surface area (Å²) in [5.74, 6) is 0.550. The van der Waals surface area contributed by atoms with Gasteiger partial charge in [-0.05, 0) is 70.4 Å². The first-order valence-electron chi connectivity index (χ1n) is 9.55. The fourth-order valence-corrected chi connectivity index (χ4v) is 5.34. The minimum Gasteiger partial charge on any atom is -0.423 e. The van der Waals surface area contributed by atoms with Gasteiger partial charge in [0.25, 0.3) is 0 Å². The predicted octanol–water partition coefficient (Wildman–Crippen LogP) is 3.31. The van der Waals surface area contributed by atoms with E-state index in [1.165, 1.54) is 19.3 Å². The Morgan fingerprint density at radius 1 is 1.08 bits per heavy atom. The molecule has 24 heavy (non-hydrogen) atoms. The standard InChI is InChI=1S/C20H29NO3/c1-19-8-6-9-20(2,23)17(19)16-14(7-10-19)15(18(22)24-16)13-21-11-4-3-5-12-21/h23H,3-13H2,1-2H3. The second-order valence-electron chi connectivity index (χ2n) is 8.58. The van der Waals surface area contributed by atoms with E-state index < -0.39 is 5.60 Å². The van der Waals surface area contributed by atoms with Crippen LogP contribution in [0.2, 0.25) is 0 Å². The number of allylic oxidation sites excluding steroid dienone is 1. The predicted molar refractivity (Wildman–Crippen MR) is 92.3 cm³/mol. The zero-order chi connectivity index (χ0) is 16.9. The summed E-state index contributed by atoms with van der Waals surface area (Å²) < 4.78 is 5.77. The van der Waals surface area contributed by atoms with Crippen molar-refractivity contribution in [3.05, 3.63) is 22.5 Å². The SMILES string of the molecule is CC1(O)CCCC2(C)CCC3=C(CN4CCCCC4)C(=O)OC3=C12. The van der Waals surface area contributed by atoms with E-state index in [2.05, 4.69) is 11.8 Å². The van der Waals surface area contributed by atoms with Crippen LogP contribution in [0.4, 0.5) is 0 Å². The second kappa shape index (κ2) is 5.70. The third kappa shape index (κ3) is 2.55. The number of rotatable bonds is 2. The van der Waals surface area contributed by atoms with Crippen LogP contribution in [0.25, 0.3) is 0 Å². The van der Waals surface area contributed by atoms with Crippen molar-refractivity contribution in [2.45, 2.75) is 70.8 Å². The highest BCUT2D eigenvalue weighted by Gasteiger charge is 2.51. The summed E-state index contributed by atoms with van der Waals surface area (Å²) in [6, 6.07) is 0. The molecule has 1 saturated carbocycles. The molecule has 4 rings (SSSR count). The Kier molecular flexibility index (Phi) is 3.88. The number of ether oxygens (including phenoxy) is 1. The van der Waals surface area contributed by atoms with Crippen LogP contribution in [0.3, 0.4) is 0 Å². The molecule has 2 fully saturated rings. The monoisotopic (exact) mass is 331 g/mol. The van der Waals surface area contributed by atoms with Crippen LogP contribution in [0.15, 0.2) is 22.5 Å². The largest absolute Gasteiger partial charge is 0.423 e. The average molecular weight is 331 g/mol. The van der Waals surface area contributed by atoms with Crippen LogP contribution in [-0.2, 0) is 9.53 Å². The average Bonchev–Trinajstić information content (AvgIpc) is 2.82. The third-order valence-electron chi connectivity index (χ3n) is 6.60. The fraction of sp³-hybridized carbons (Fsp3) is 0.750. The summed E-state index contributed by atoms with van der Waals surface area (Å²) in [5, 5.41) is 11.0. The van der Waals surface area contributed by atoms with Gasteiger partial charge in [0, 0.05) is 17.7 Å². The fourth-order valence-electron chi connectivity index (χ4n) is 5.34. The summed E-state index contributed by atoms with van der Waals surface area (Å²) in [7, 11) is 0. The lowest BCUT2D eigenvalue weighted by Crippen LogP contribution is -2.43. The third-order valence-corrected chi connectivity index (χ3v) is 6.60. The van der Waals surface area contributed by atoms with Gasteiger partial charge in [0.15, 0.2) is 0 Å². The Labute approximate surface area is 144 Å². The number of fused-ring (bicyclic) bond motifs is 2. The molecule has 2 unspecified atom stereocenters. The van der Waals surface area contributed by atoms with Gasteiger partial charge in [0.05, 0.1) is 11.2 Å². The molecule has 1 N–H and O–H groups in total. The van der Waals surface area contributed by atoms with Gasteiger partial charge in [-0.15, -0.1) is 0 Å². The van der Waals surface area contributed by atoms with Crippen LogP contribution in [-0.4, -0.2) is 41.2 Å². The molecule has 0 bridgehead atoms. The number of likely N-dealkylation sites (tertiary alicyclic amines) is 1. The number of carbonyl (C=O) groups is 1. The highest BCUT2D eigenvalue weighted by Crippen LogP contribution is 2.56. The van der Waals surface area contributed by atoms with Crippen LogP contribution in [0.5, 0.6) is 0 Å². The second-order valence-corrected chi connectivity index (χ2v) is 8.58. The lowest BCUT2D eigenvalue weighted by molar-refractivity contribution is -0.133. The first-order chi connectivity index (χ1) is 11.4.